The Balaban J connectivity index is 2.24. The van der Waals surface area contributed by atoms with E-state index in [0.717, 1.165) is 11.4 Å². The smallest absolute Gasteiger partial charge is 0.269 e. The highest BCUT2D eigenvalue weighted by atomic mass is 32.1. The van der Waals surface area contributed by atoms with Gasteiger partial charge < -0.3 is 5.32 Å². The van der Waals surface area contributed by atoms with E-state index in [1.165, 1.54) is 11.3 Å². The number of rotatable bonds is 3. The third-order valence-electron chi connectivity index (χ3n) is 2.36. The molecule has 0 aromatic carbocycles. The third-order valence-corrected chi connectivity index (χ3v) is 3.22. The van der Waals surface area contributed by atoms with E-state index in [0.29, 0.717) is 5.69 Å². The van der Waals surface area contributed by atoms with Gasteiger partial charge in [0.2, 0.25) is 0 Å². The third kappa shape index (κ3) is 1.87. The van der Waals surface area contributed by atoms with Gasteiger partial charge in [0, 0.05) is 23.8 Å². The molecule has 0 fully saturated rings. The lowest BCUT2D eigenvalue weighted by molar-refractivity contribution is 0.0933. The topological polar surface area (TPSA) is 46.4 Å². The van der Waals surface area contributed by atoms with Crippen molar-refractivity contribution in [1.29, 1.82) is 0 Å². The lowest BCUT2D eigenvalue weighted by atomic mass is 10.2. The molecule has 15 heavy (non-hydrogen) atoms. The van der Waals surface area contributed by atoms with Gasteiger partial charge in [-0.1, -0.05) is 6.92 Å². The Morgan fingerprint density at radius 3 is 3.27 bits per heavy atom. The molecule has 80 valence electrons. The van der Waals surface area contributed by atoms with Crippen LogP contribution in [-0.2, 0) is 0 Å². The van der Waals surface area contributed by atoms with E-state index < -0.39 is 0 Å². The summed E-state index contributed by atoms with van der Waals surface area (Å²) in [6.07, 6.45) is 4.44. The van der Waals surface area contributed by atoms with Crippen LogP contribution in [0.25, 0.3) is 4.96 Å². The maximum atomic E-state index is 11.8. The summed E-state index contributed by atoms with van der Waals surface area (Å²) in [6.45, 7) is 4.04. The summed E-state index contributed by atoms with van der Waals surface area (Å²) < 4.78 is 1.81. The highest BCUT2D eigenvalue weighted by Crippen LogP contribution is 2.14. The van der Waals surface area contributed by atoms with Crippen molar-refractivity contribution < 1.29 is 4.79 Å². The lowest BCUT2D eigenvalue weighted by Crippen LogP contribution is -2.32. The Labute approximate surface area is 91.9 Å². The van der Waals surface area contributed by atoms with Crippen molar-refractivity contribution >= 4 is 22.2 Å². The number of carbonyl (C=O) groups is 1. The molecule has 0 aliphatic heterocycles. The number of nitrogens with one attached hydrogen (secondary N) is 1. The quantitative estimate of drug-likeness (QED) is 0.864. The SMILES string of the molecule is CCC(C)NC(=O)c1csc2nccn12. The van der Waals surface area contributed by atoms with E-state index in [9.17, 15) is 4.79 Å². The summed E-state index contributed by atoms with van der Waals surface area (Å²) in [5.41, 5.74) is 0.660. The van der Waals surface area contributed by atoms with Gasteiger partial charge >= 0.3 is 0 Å². The van der Waals surface area contributed by atoms with E-state index in [2.05, 4.69) is 10.3 Å². The van der Waals surface area contributed by atoms with Gasteiger partial charge in [-0.05, 0) is 13.3 Å². The first-order valence-corrected chi connectivity index (χ1v) is 5.81. The summed E-state index contributed by atoms with van der Waals surface area (Å²) in [5.74, 6) is -0.0337. The number of hydrogen-bond donors (Lipinski definition) is 1. The molecule has 0 saturated carbocycles. The fraction of sp³-hybridized carbons (Fsp3) is 0.400. The minimum absolute atomic E-state index is 0.0337. The summed E-state index contributed by atoms with van der Waals surface area (Å²) in [4.78, 5) is 16.8. The van der Waals surface area contributed by atoms with Gasteiger partial charge in [0.25, 0.3) is 5.91 Å². The summed E-state index contributed by atoms with van der Waals surface area (Å²) in [6, 6.07) is 0.205. The zero-order valence-electron chi connectivity index (χ0n) is 8.73. The molecule has 1 unspecified atom stereocenters. The van der Waals surface area contributed by atoms with Crippen molar-refractivity contribution in [3.63, 3.8) is 0 Å². The molecule has 1 atom stereocenters. The second kappa shape index (κ2) is 4.02. The van der Waals surface area contributed by atoms with Crippen LogP contribution in [-0.4, -0.2) is 21.3 Å². The molecule has 0 spiro atoms. The molecule has 1 amide bonds. The predicted octanol–water partition coefficient (Wildman–Crippen LogP) is 1.92. The zero-order valence-corrected chi connectivity index (χ0v) is 9.54. The standard InChI is InChI=1S/C10H13N3OS/c1-3-7(2)12-9(14)8-6-15-10-11-4-5-13(8)10/h4-7H,3H2,1-2H3,(H,12,14). The number of nitrogens with zero attached hydrogens (tertiary/aromatic N) is 2. The molecule has 0 bridgehead atoms. The maximum Gasteiger partial charge on any atom is 0.269 e. The predicted molar refractivity (Wildman–Crippen MR) is 60.3 cm³/mol. The number of fused-ring (bicyclic) bond motifs is 1. The van der Waals surface area contributed by atoms with Crippen LogP contribution in [0.3, 0.4) is 0 Å². The molecule has 1 N–H and O–H groups in total. The maximum absolute atomic E-state index is 11.8. The van der Waals surface area contributed by atoms with Crippen LogP contribution in [0.2, 0.25) is 0 Å². The Hall–Kier alpha value is -1.36. The van der Waals surface area contributed by atoms with Crippen molar-refractivity contribution in [2.75, 3.05) is 0 Å². The number of hydrogen-bond acceptors (Lipinski definition) is 3. The number of carbonyl (C=O) groups excluding carboxylic acids is 1. The minimum atomic E-state index is -0.0337. The van der Waals surface area contributed by atoms with Crippen LogP contribution < -0.4 is 5.32 Å². The highest BCUT2D eigenvalue weighted by Gasteiger charge is 2.13. The number of thiazole rings is 1. The van der Waals surface area contributed by atoms with Gasteiger partial charge in [-0.25, -0.2) is 4.98 Å². The lowest BCUT2D eigenvalue weighted by Gasteiger charge is -2.10. The number of amides is 1. The molecular formula is C10H13N3OS. The largest absolute Gasteiger partial charge is 0.348 e. The van der Waals surface area contributed by atoms with E-state index in [-0.39, 0.29) is 11.9 Å². The van der Waals surface area contributed by atoms with Crippen LogP contribution in [0, 0.1) is 0 Å². The first-order chi connectivity index (χ1) is 7.22. The molecule has 5 heteroatoms. The molecule has 2 aromatic heterocycles. The fourth-order valence-electron chi connectivity index (χ4n) is 1.29. The van der Waals surface area contributed by atoms with Crippen molar-refractivity contribution in [1.82, 2.24) is 14.7 Å². The van der Waals surface area contributed by atoms with E-state index in [1.54, 1.807) is 12.4 Å². The van der Waals surface area contributed by atoms with Crippen LogP contribution in [0.1, 0.15) is 30.8 Å². The normalized spacial score (nSPS) is 12.9. The Kier molecular flexibility index (Phi) is 2.73. The van der Waals surface area contributed by atoms with Gasteiger partial charge in [-0.3, -0.25) is 9.20 Å². The molecule has 0 aliphatic carbocycles. The van der Waals surface area contributed by atoms with Crippen LogP contribution in [0.5, 0.6) is 0 Å². The molecule has 4 nitrogen and oxygen atoms in total. The average molecular weight is 223 g/mol. The van der Waals surface area contributed by atoms with Gasteiger partial charge in [0.1, 0.15) is 5.69 Å². The summed E-state index contributed by atoms with van der Waals surface area (Å²) in [7, 11) is 0. The van der Waals surface area contributed by atoms with Crippen LogP contribution in [0.15, 0.2) is 17.8 Å². The molecular weight excluding hydrogens is 210 g/mol. The molecule has 0 radical (unpaired) electrons. The first kappa shape index (κ1) is 10.2. The van der Waals surface area contributed by atoms with Crippen molar-refractivity contribution in [3.05, 3.63) is 23.5 Å². The van der Waals surface area contributed by atoms with Gasteiger partial charge in [-0.15, -0.1) is 11.3 Å². The van der Waals surface area contributed by atoms with E-state index in [4.69, 9.17) is 0 Å². The molecule has 2 aromatic rings. The highest BCUT2D eigenvalue weighted by molar-refractivity contribution is 7.15. The number of imidazole rings is 1. The molecule has 2 heterocycles. The van der Waals surface area contributed by atoms with Gasteiger partial charge in [0.15, 0.2) is 4.96 Å². The Morgan fingerprint density at radius 2 is 2.53 bits per heavy atom. The molecule has 0 aliphatic rings. The monoisotopic (exact) mass is 223 g/mol. The van der Waals surface area contributed by atoms with E-state index in [1.807, 2.05) is 23.6 Å². The van der Waals surface area contributed by atoms with E-state index >= 15 is 0 Å². The Morgan fingerprint density at radius 1 is 1.73 bits per heavy atom. The van der Waals surface area contributed by atoms with Gasteiger partial charge in [0.05, 0.1) is 0 Å². The van der Waals surface area contributed by atoms with Crippen molar-refractivity contribution in [3.8, 4) is 0 Å². The minimum Gasteiger partial charge on any atom is -0.348 e. The van der Waals surface area contributed by atoms with Crippen molar-refractivity contribution in [2.24, 2.45) is 0 Å². The van der Waals surface area contributed by atoms with Gasteiger partial charge in [-0.2, -0.15) is 0 Å². The number of aromatic nitrogens is 2. The summed E-state index contributed by atoms with van der Waals surface area (Å²) >= 11 is 1.47. The van der Waals surface area contributed by atoms with Crippen LogP contribution >= 0.6 is 11.3 Å². The molecule has 0 saturated heterocycles. The molecule has 2 rings (SSSR count). The van der Waals surface area contributed by atoms with Crippen LogP contribution in [0.4, 0.5) is 0 Å². The zero-order chi connectivity index (χ0) is 10.8. The fourth-order valence-corrected chi connectivity index (χ4v) is 2.12. The average Bonchev–Trinajstić information content (AvgIpc) is 2.77. The first-order valence-electron chi connectivity index (χ1n) is 4.93. The second-order valence-corrected chi connectivity index (χ2v) is 4.32. The van der Waals surface area contributed by atoms with Crippen molar-refractivity contribution in [2.45, 2.75) is 26.3 Å². The Bertz CT molecular complexity index is 474. The second-order valence-electron chi connectivity index (χ2n) is 3.48. The summed E-state index contributed by atoms with van der Waals surface area (Å²) in [5, 5.41) is 4.77.